The molecule has 5 nitrogen and oxygen atoms in total. The Morgan fingerprint density at radius 3 is 2.75 bits per heavy atom. The van der Waals surface area contributed by atoms with Crippen LogP contribution in [-0.2, 0) is 4.74 Å². The highest BCUT2D eigenvalue weighted by atomic mass is 16.6. The lowest BCUT2D eigenvalue weighted by atomic mass is 9.99. The van der Waals surface area contributed by atoms with Crippen molar-refractivity contribution in [2.75, 3.05) is 11.9 Å². The van der Waals surface area contributed by atoms with Crippen LogP contribution in [0, 0.1) is 0 Å². The van der Waals surface area contributed by atoms with Crippen molar-refractivity contribution in [2.45, 2.75) is 51.7 Å². The lowest BCUT2D eigenvalue weighted by Gasteiger charge is -2.23. The number of aromatic nitrogens is 1. The summed E-state index contributed by atoms with van der Waals surface area (Å²) in [6.45, 7) is 6.55. The van der Waals surface area contributed by atoms with Crippen molar-refractivity contribution < 1.29 is 9.53 Å². The van der Waals surface area contributed by atoms with Gasteiger partial charge < -0.3 is 10.1 Å². The largest absolute Gasteiger partial charge is 0.444 e. The molecule has 1 aromatic heterocycles. The fourth-order valence-corrected chi connectivity index (χ4v) is 2.23. The first-order valence-corrected chi connectivity index (χ1v) is 7.13. The Hall–Kier alpha value is -1.62. The van der Waals surface area contributed by atoms with E-state index in [1.165, 1.54) is 18.4 Å². The number of nitrogens with zero attached hydrogens (tertiary/aromatic N) is 1. The summed E-state index contributed by atoms with van der Waals surface area (Å²) in [4.78, 5) is 15.9. The van der Waals surface area contributed by atoms with Gasteiger partial charge in [0.15, 0.2) is 0 Å². The molecule has 110 valence electrons. The molecule has 1 amide bonds. The minimum Gasteiger partial charge on any atom is -0.444 e. The predicted molar refractivity (Wildman–Crippen MR) is 78.7 cm³/mol. The molecule has 1 aliphatic heterocycles. The van der Waals surface area contributed by atoms with Crippen molar-refractivity contribution in [3.8, 4) is 0 Å². The highest BCUT2D eigenvalue weighted by Crippen LogP contribution is 2.22. The molecule has 0 saturated carbocycles. The number of ether oxygens (including phenoxy) is 1. The van der Waals surface area contributed by atoms with Gasteiger partial charge in [0.25, 0.3) is 0 Å². The van der Waals surface area contributed by atoms with E-state index in [0.717, 1.165) is 13.0 Å². The average Bonchev–Trinajstić information content (AvgIpc) is 2.38. The first-order chi connectivity index (χ1) is 9.44. The summed E-state index contributed by atoms with van der Waals surface area (Å²) in [5.74, 6) is 0.513. The van der Waals surface area contributed by atoms with Crippen LogP contribution in [0.4, 0.5) is 10.6 Å². The van der Waals surface area contributed by atoms with Crippen molar-refractivity contribution in [1.82, 2.24) is 10.3 Å². The number of hydrogen-bond acceptors (Lipinski definition) is 4. The van der Waals surface area contributed by atoms with Crippen LogP contribution in [-0.4, -0.2) is 23.2 Å². The Morgan fingerprint density at radius 2 is 2.20 bits per heavy atom. The lowest BCUT2D eigenvalue weighted by Crippen LogP contribution is -2.28. The normalized spacial score (nSPS) is 19.4. The van der Waals surface area contributed by atoms with Gasteiger partial charge in [0.05, 0.1) is 0 Å². The van der Waals surface area contributed by atoms with E-state index in [9.17, 15) is 4.79 Å². The van der Waals surface area contributed by atoms with Gasteiger partial charge in [-0.3, -0.25) is 5.32 Å². The molecule has 1 aromatic rings. The Bertz CT molecular complexity index is 445. The van der Waals surface area contributed by atoms with Crippen molar-refractivity contribution in [1.29, 1.82) is 0 Å². The van der Waals surface area contributed by atoms with Gasteiger partial charge in [0.2, 0.25) is 0 Å². The van der Waals surface area contributed by atoms with Crippen LogP contribution in [0.3, 0.4) is 0 Å². The maximum absolute atomic E-state index is 11.6. The molecule has 0 unspecified atom stereocenters. The molecule has 0 spiro atoms. The Balaban J connectivity index is 1.92. The molecule has 0 aromatic carbocycles. The smallest absolute Gasteiger partial charge is 0.413 e. The van der Waals surface area contributed by atoms with E-state index in [1.54, 1.807) is 0 Å². The predicted octanol–water partition coefficient (Wildman–Crippen LogP) is 3.24. The molecule has 0 aliphatic carbocycles. The zero-order valence-corrected chi connectivity index (χ0v) is 12.4. The summed E-state index contributed by atoms with van der Waals surface area (Å²) in [6.07, 6.45) is 4.96. The number of nitrogens with one attached hydrogen (secondary N) is 2. The van der Waals surface area contributed by atoms with Gasteiger partial charge in [-0.25, -0.2) is 9.78 Å². The topological polar surface area (TPSA) is 63.2 Å². The van der Waals surface area contributed by atoms with Crippen LogP contribution >= 0.6 is 0 Å². The van der Waals surface area contributed by atoms with Crippen molar-refractivity contribution in [3.63, 3.8) is 0 Å². The number of amides is 1. The van der Waals surface area contributed by atoms with Gasteiger partial charge >= 0.3 is 6.09 Å². The van der Waals surface area contributed by atoms with Crippen LogP contribution in [0.2, 0.25) is 0 Å². The molecule has 1 saturated heterocycles. The molecule has 0 bridgehead atoms. The van der Waals surface area contributed by atoms with E-state index in [1.807, 2.05) is 39.1 Å². The minimum absolute atomic E-state index is 0.381. The maximum Gasteiger partial charge on any atom is 0.413 e. The standard InChI is InChI=1S/C15H23N3O2/c1-15(2,3)20-14(19)18-13-8-7-11(10-17-13)12-6-4-5-9-16-12/h7-8,10,12,16H,4-6,9H2,1-3H3,(H,17,18,19)/t12-/m0/s1. The Morgan fingerprint density at radius 1 is 1.40 bits per heavy atom. The van der Waals surface area contributed by atoms with E-state index in [0.29, 0.717) is 11.9 Å². The molecule has 0 radical (unpaired) electrons. The molecule has 1 fully saturated rings. The van der Waals surface area contributed by atoms with Crippen LogP contribution in [0.25, 0.3) is 0 Å². The zero-order valence-electron chi connectivity index (χ0n) is 12.4. The summed E-state index contributed by atoms with van der Waals surface area (Å²) in [5.41, 5.74) is 0.662. The third-order valence-electron chi connectivity index (χ3n) is 3.13. The highest BCUT2D eigenvalue weighted by Gasteiger charge is 2.17. The molecule has 1 aliphatic rings. The van der Waals surface area contributed by atoms with Crippen LogP contribution < -0.4 is 10.6 Å². The van der Waals surface area contributed by atoms with Gasteiger partial charge in [0.1, 0.15) is 11.4 Å². The van der Waals surface area contributed by atoms with Gasteiger partial charge in [-0.05, 0) is 51.8 Å². The van der Waals surface area contributed by atoms with E-state index in [4.69, 9.17) is 4.74 Å². The summed E-state index contributed by atoms with van der Waals surface area (Å²) in [5, 5.41) is 6.11. The summed E-state index contributed by atoms with van der Waals surface area (Å²) in [6, 6.07) is 4.20. The number of piperidine rings is 1. The van der Waals surface area contributed by atoms with Crippen molar-refractivity contribution in [2.24, 2.45) is 0 Å². The number of hydrogen-bond donors (Lipinski definition) is 2. The second kappa shape index (κ2) is 6.22. The van der Waals surface area contributed by atoms with Crippen LogP contribution in [0.15, 0.2) is 18.3 Å². The summed E-state index contributed by atoms with van der Waals surface area (Å²) >= 11 is 0. The zero-order chi connectivity index (χ0) is 14.6. The van der Waals surface area contributed by atoms with Gasteiger partial charge in [-0.1, -0.05) is 12.5 Å². The fourth-order valence-electron chi connectivity index (χ4n) is 2.23. The number of carbonyl (C=O) groups excluding carboxylic acids is 1. The average molecular weight is 277 g/mol. The second-order valence-electron chi connectivity index (χ2n) is 6.11. The quantitative estimate of drug-likeness (QED) is 0.871. The maximum atomic E-state index is 11.6. The molecular formula is C15H23N3O2. The first-order valence-electron chi connectivity index (χ1n) is 7.13. The van der Waals surface area contributed by atoms with Gasteiger partial charge in [-0.15, -0.1) is 0 Å². The highest BCUT2D eigenvalue weighted by molar-refractivity contribution is 5.83. The van der Waals surface area contributed by atoms with Gasteiger partial charge in [0, 0.05) is 12.2 Å². The van der Waals surface area contributed by atoms with E-state index < -0.39 is 11.7 Å². The number of carbonyl (C=O) groups is 1. The first kappa shape index (κ1) is 14.8. The molecule has 2 N–H and O–H groups in total. The minimum atomic E-state index is -0.504. The number of rotatable bonds is 2. The third-order valence-corrected chi connectivity index (χ3v) is 3.13. The van der Waals surface area contributed by atoms with E-state index >= 15 is 0 Å². The van der Waals surface area contributed by atoms with E-state index in [2.05, 4.69) is 15.6 Å². The molecule has 2 rings (SSSR count). The molecule has 5 heteroatoms. The SMILES string of the molecule is CC(C)(C)OC(=O)Nc1ccc([C@@H]2CCCCN2)cn1. The van der Waals surface area contributed by atoms with Crippen LogP contribution in [0.5, 0.6) is 0 Å². The number of anilines is 1. The van der Waals surface area contributed by atoms with Crippen molar-refractivity contribution in [3.05, 3.63) is 23.9 Å². The molecule has 1 atom stereocenters. The molecular weight excluding hydrogens is 254 g/mol. The number of pyridine rings is 1. The Kier molecular flexibility index (Phi) is 4.60. The van der Waals surface area contributed by atoms with Crippen LogP contribution in [0.1, 0.15) is 51.6 Å². The summed E-state index contributed by atoms with van der Waals surface area (Å²) in [7, 11) is 0. The molecule has 20 heavy (non-hydrogen) atoms. The summed E-state index contributed by atoms with van der Waals surface area (Å²) < 4.78 is 5.19. The lowest BCUT2D eigenvalue weighted by molar-refractivity contribution is 0.0635. The Labute approximate surface area is 120 Å². The third kappa shape index (κ3) is 4.49. The monoisotopic (exact) mass is 277 g/mol. The second-order valence-corrected chi connectivity index (χ2v) is 6.11. The van der Waals surface area contributed by atoms with Gasteiger partial charge in [-0.2, -0.15) is 0 Å². The molecule has 2 heterocycles. The van der Waals surface area contributed by atoms with Crippen molar-refractivity contribution >= 4 is 11.9 Å². The fraction of sp³-hybridized carbons (Fsp3) is 0.600. The van der Waals surface area contributed by atoms with E-state index in [-0.39, 0.29) is 0 Å².